The third kappa shape index (κ3) is 65.4. The molecule has 0 aromatic rings. The van der Waals surface area contributed by atoms with Crippen LogP contribution in [0.2, 0.25) is 0 Å². The van der Waals surface area contributed by atoms with Crippen molar-refractivity contribution in [2.24, 2.45) is 0 Å². The number of unbranched alkanes of at least 4 members (excludes halogenated alkanes) is 1. The molecule has 0 amide bonds. The monoisotopic (exact) mass is 368 g/mol. The fourth-order valence-electron chi connectivity index (χ4n) is 0.657. The summed E-state index contributed by atoms with van der Waals surface area (Å²) < 4.78 is 85.9. The number of aliphatic hydroxyl groups is 1. The Balaban J connectivity index is -0.000000239. The maximum absolute atomic E-state index is 11.2. The first kappa shape index (κ1) is 25.7. The smallest absolute Gasteiger partial charge is 0.389 e. The number of halogens is 7. The standard InChI is InChI=1S/C5H9F3.C4H7F3O.CH3ClO2S/c1-2-3-4-5(6,7)8;5-4(6,7)2-1-3-8;1-5(2,3)4/h2-4H2,1H3;8H,1-3H2;1H3. The van der Waals surface area contributed by atoms with Crippen LogP contribution < -0.4 is 0 Å². The van der Waals surface area contributed by atoms with Crippen molar-refractivity contribution in [2.45, 2.75) is 51.4 Å². The predicted molar refractivity (Wildman–Crippen MR) is 68.7 cm³/mol. The SMILES string of the molecule is CCCCC(F)(F)F.CS(=O)(=O)Cl.OCCCC(F)(F)F. The molecule has 0 radical (unpaired) electrons. The zero-order chi connectivity index (χ0) is 17.7. The first-order valence-corrected chi connectivity index (χ1v) is 8.48. The first-order valence-electron chi connectivity index (χ1n) is 5.76. The van der Waals surface area contributed by atoms with Gasteiger partial charge in [-0.25, -0.2) is 8.42 Å². The highest BCUT2D eigenvalue weighted by molar-refractivity contribution is 8.13. The van der Waals surface area contributed by atoms with Crippen molar-refractivity contribution in [3.8, 4) is 0 Å². The molecule has 132 valence electrons. The Hall–Kier alpha value is -0.220. The molecule has 0 saturated heterocycles. The lowest BCUT2D eigenvalue weighted by Gasteiger charge is -2.02. The van der Waals surface area contributed by atoms with E-state index in [1.165, 1.54) is 0 Å². The third-order valence-electron chi connectivity index (χ3n) is 1.43. The lowest BCUT2D eigenvalue weighted by Crippen LogP contribution is -2.07. The molecule has 0 atom stereocenters. The Labute approximate surface area is 124 Å². The average molecular weight is 369 g/mol. The summed E-state index contributed by atoms with van der Waals surface area (Å²) in [5, 5.41) is 7.93. The molecule has 0 fully saturated rings. The van der Waals surface area contributed by atoms with Crippen LogP contribution in [0.1, 0.15) is 39.0 Å². The van der Waals surface area contributed by atoms with Gasteiger partial charge in [0.05, 0.1) is 6.26 Å². The van der Waals surface area contributed by atoms with Gasteiger partial charge in [0, 0.05) is 30.1 Å². The molecule has 0 aliphatic carbocycles. The van der Waals surface area contributed by atoms with E-state index in [2.05, 4.69) is 10.7 Å². The normalized spacial score (nSPS) is 11.9. The van der Waals surface area contributed by atoms with Gasteiger partial charge in [0.1, 0.15) is 0 Å². The Morgan fingerprint density at radius 2 is 1.24 bits per heavy atom. The van der Waals surface area contributed by atoms with Crippen LogP contribution in [0.5, 0.6) is 0 Å². The van der Waals surface area contributed by atoms with Gasteiger partial charge in [-0.1, -0.05) is 13.3 Å². The van der Waals surface area contributed by atoms with Gasteiger partial charge in [0.25, 0.3) is 0 Å². The molecule has 1 N–H and O–H groups in total. The maximum Gasteiger partial charge on any atom is 0.389 e. The molecule has 21 heavy (non-hydrogen) atoms. The van der Waals surface area contributed by atoms with Crippen LogP contribution in [0.3, 0.4) is 0 Å². The summed E-state index contributed by atoms with van der Waals surface area (Å²) in [6.07, 6.45) is -7.98. The minimum absolute atomic E-state index is 0.191. The summed E-state index contributed by atoms with van der Waals surface area (Å²) in [6.45, 7) is 1.35. The van der Waals surface area contributed by atoms with Crippen LogP contribution >= 0.6 is 10.7 Å². The van der Waals surface area contributed by atoms with Crippen LogP contribution in [-0.2, 0) is 9.05 Å². The summed E-state index contributed by atoms with van der Waals surface area (Å²) in [6, 6.07) is 0. The molecule has 0 spiro atoms. The molecule has 0 bridgehead atoms. The van der Waals surface area contributed by atoms with Crippen molar-refractivity contribution in [1.82, 2.24) is 0 Å². The molecule has 0 aromatic heterocycles. The quantitative estimate of drug-likeness (QED) is 0.596. The van der Waals surface area contributed by atoms with Crippen molar-refractivity contribution < 1.29 is 39.9 Å². The zero-order valence-corrected chi connectivity index (χ0v) is 13.1. The van der Waals surface area contributed by atoms with Crippen molar-refractivity contribution in [1.29, 1.82) is 0 Å². The number of rotatable bonds is 4. The molecule has 0 saturated carbocycles. The van der Waals surface area contributed by atoms with E-state index in [0.717, 1.165) is 6.26 Å². The second kappa shape index (κ2) is 12.3. The van der Waals surface area contributed by atoms with Crippen LogP contribution in [0, 0.1) is 0 Å². The van der Waals surface area contributed by atoms with Gasteiger partial charge in [-0.05, 0) is 12.8 Å². The van der Waals surface area contributed by atoms with Crippen LogP contribution in [0.4, 0.5) is 26.3 Å². The van der Waals surface area contributed by atoms with Crippen molar-refractivity contribution in [2.75, 3.05) is 12.9 Å². The summed E-state index contributed by atoms with van der Waals surface area (Å²) in [5.41, 5.74) is 0. The number of aliphatic hydroxyl groups excluding tert-OH is 1. The zero-order valence-electron chi connectivity index (χ0n) is 11.6. The van der Waals surface area contributed by atoms with E-state index >= 15 is 0 Å². The largest absolute Gasteiger partial charge is 0.396 e. The van der Waals surface area contributed by atoms with E-state index in [4.69, 9.17) is 5.11 Å². The molecule has 0 aliphatic rings. The Kier molecular flexibility index (Phi) is 15.1. The number of hydrogen-bond donors (Lipinski definition) is 1. The van der Waals surface area contributed by atoms with E-state index in [-0.39, 0.29) is 19.4 Å². The average Bonchev–Trinajstić information content (AvgIpc) is 2.20. The third-order valence-corrected chi connectivity index (χ3v) is 1.43. The van der Waals surface area contributed by atoms with E-state index in [1.54, 1.807) is 6.92 Å². The molecular weight excluding hydrogens is 350 g/mol. The lowest BCUT2D eigenvalue weighted by atomic mass is 10.2. The Bertz CT molecular complexity index is 301. The predicted octanol–water partition coefficient (Wildman–Crippen LogP) is 4.24. The molecule has 0 rings (SSSR count). The number of hydrogen-bond acceptors (Lipinski definition) is 3. The van der Waals surface area contributed by atoms with Crippen LogP contribution in [0.15, 0.2) is 0 Å². The van der Waals surface area contributed by atoms with E-state index < -0.39 is 34.2 Å². The Morgan fingerprint density at radius 1 is 0.952 bits per heavy atom. The molecule has 11 heteroatoms. The Morgan fingerprint density at radius 3 is 1.33 bits per heavy atom. The molecule has 0 unspecified atom stereocenters. The van der Waals surface area contributed by atoms with Crippen molar-refractivity contribution in [3.05, 3.63) is 0 Å². The van der Waals surface area contributed by atoms with Gasteiger partial charge in [0.15, 0.2) is 0 Å². The fraction of sp³-hybridized carbons (Fsp3) is 1.00. The number of alkyl halides is 6. The van der Waals surface area contributed by atoms with Gasteiger partial charge < -0.3 is 5.11 Å². The molecular formula is C10H19ClF6O3S. The van der Waals surface area contributed by atoms with Gasteiger partial charge in [-0.3, -0.25) is 0 Å². The van der Waals surface area contributed by atoms with E-state index in [0.29, 0.717) is 6.42 Å². The van der Waals surface area contributed by atoms with Gasteiger partial charge in [0.2, 0.25) is 9.05 Å². The maximum atomic E-state index is 11.2. The minimum atomic E-state index is -4.11. The highest BCUT2D eigenvalue weighted by Gasteiger charge is 2.25. The molecule has 3 nitrogen and oxygen atoms in total. The van der Waals surface area contributed by atoms with Crippen LogP contribution in [-0.4, -0.2) is 38.7 Å². The second-order valence-corrected chi connectivity index (χ2v) is 6.89. The second-order valence-electron chi connectivity index (χ2n) is 3.84. The van der Waals surface area contributed by atoms with Crippen molar-refractivity contribution >= 4 is 19.7 Å². The van der Waals surface area contributed by atoms with E-state index in [1.807, 2.05) is 0 Å². The lowest BCUT2D eigenvalue weighted by molar-refractivity contribution is -0.137. The summed E-state index contributed by atoms with van der Waals surface area (Å²) in [7, 11) is 1.31. The van der Waals surface area contributed by atoms with Crippen molar-refractivity contribution in [3.63, 3.8) is 0 Å². The summed E-state index contributed by atoms with van der Waals surface area (Å²) in [4.78, 5) is 0. The van der Waals surface area contributed by atoms with E-state index in [9.17, 15) is 34.8 Å². The van der Waals surface area contributed by atoms with Gasteiger partial charge in [-0.2, -0.15) is 26.3 Å². The highest BCUT2D eigenvalue weighted by atomic mass is 35.7. The van der Waals surface area contributed by atoms with Crippen LogP contribution in [0.25, 0.3) is 0 Å². The minimum Gasteiger partial charge on any atom is -0.396 e. The van der Waals surface area contributed by atoms with Gasteiger partial charge in [-0.15, -0.1) is 0 Å². The van der Waals surface area contributed by atoms with Gasteiger partial charge >= 0.3 is 12.4 Å². The first-order chi connectivity index (χ1) is 9.12. The fourth-order valence-corrected chi connectivity index (χ4v) is 0.657. The topological polar surface area (TPSA) is 54.4 Å². The molecule has 0 aromatic carbocycles. The summed E-state index contributed by atoms with van der Waals surface area (Å²) >= 11 is 0. The highest BCUT2D eigenvalue weighted by Crippen LogP contribution is 2.21. The molecule has 0 aliphatic heterocycles. The summed E-state index contributed by atoms with van der Waals surface area (Å²) in [5.74, 6) is 0. The molecule has 0 heterocycles.